The molecule has 1 atom stereocenters. The Morgan fingerprint density at radius 3 is 2.00 bits per heavy atom. The van der Waals surface area contributed by atoms with Gasteiger partial charge in [0.2, 0.25) is 23.4 Å². The van der Waals surface area contributed by atoms with Gasteiger partial charge in [-0.25, -0.2) is 9.59 Å². The molecule has 1 unspecified atom stereocenters. The lowest BCUT2D eigenvalue weighted by molar-refractivity contribution is -0.148. The molecule has 0 saturated carbocycles. The predicted octanol–water partition coefficient (Wildman–Crippen LogP) is -0.601. The SMILES string of the molecule is CN1C(=O)C(C2c3ccc(O)c(O)c3Oc3c2c(=O)n(C)c(=O)n3C)C(=O)N(C)C1=O. The largest absolute Gasteiger partial charge is 0.504 e. The number of aromatic nitrogens is 2. The molecule has 1 saturated heterocycles. The van der Waals surface area contributed by atoms with Crippen molar-refractivity contribution in [3.05, 3.63) is 44.1 Å². The minimum absolute atomic E-state index is 0.0707. The number of aromatic hydroxyl groups is 2. The van der Waals surface area contributed by atoms with Gasteiger partial charge < -0.3 is 14.9 Å². The van der Waals surface area contributed by atoms with E-state index in [1.807, 2.05) is 0 Å². The number of fused-ring (bicyclic) bond motifs is 2. The summed E-state index contributed by atoms with van der Waals surface area (Å²) < 4.78 is 7.42. The first kappa shape index (κ1) is 20.2. The fourth-order valence-electron chi connectivity index (χ4n) is 3.99. The van der Waals surface area contributed by atoms with E-state index in [1.165, 1.54) is 34.3 Å². The molecule has 4 amide bonds. The number of nitrogens with zero attached hydrogens (tertiary/aromatic N) is 4. The zero-order chi connectivity index (χ0) is 22.9. The molecule has 1 fully saturated rings. The molecular formula is C19H18N4O8. The van der Waals surface area contributed by atoms with Crippen molar-refractivity contribution >= 4 is 17.8 Å². The van der Waals surface area contributed by atoms with Crippen molar-refractivity contribution in [2.45, 2.75) is 5.92 Å². The number of hydrogen-bond acceptors (Lipinski definition) is 8. The summed E-state index contributed by atoms with van der Waals surface area (Å²) in [6.07, 6.45) is 0. The molecule has 4 rings (SSSR count). The molecule has 0 spiro atoms. The van der Waals surface area contributed by atoms with E-state index < -0.39 is 52.4 Å². The highest BCUT2D eigenvalue weighted by molar-refractivity contribution is 6.16. The second-order valence-electron chi connectivity index (χ2n) is 7.41. The zero-order valence-corrected chi connectivity index (χ0v) is 16.9. The van der Waals surface area contributed by atoms with Gasteiger partial charge in [0.15, 0.2) is 11.5 Å². The average molecular weight is 430 g/mol. The van der Waals surface area contributed by atoms with Gasteiger partial charge in [-0.3, -0.25) is 33.3 Å². The van der Waals surface area contributed by atoms with Gasteiger partial charge >= 0.3 is 11.7 Å². The van der Waals surface area contributed by atoms with Crippen LogP contribution in [0.15, 0.2) is 21.7 Å². The van der Waals surface area contributed by atoms with Gasteiger partial charge in [0.05, 0.1) is 5.56 Å². The number of carbonyl (C=O) groups is 3. The van der Waals surface area contributed by atoms with Gasteiger partial charge in [0.25, 0.3) is 5.56 Å². The van der Waals surface area contributed by atoms with Crippen molar-refractivity contribution < 1.29 is 29.3 Å². The number of phenols is 2. The Hall–Kier alpha value is -4.09. The van der Waals surface area contributed by atoms with E-state index in [4.69, 9.17) is 4.74 Å². The van der Waals surface area contributed by atoms with E-state index >= 15 is 0 Å². The van der Waals surface area contributed by atoms with E-state index in [0.717, 1.165) is 25.0 Å². The lowest BCUT2D eigenvalue weighted by Crippen LogP contribution is -2.59. The van der Waals surface area contributed by atoms with Gasteiger partial charge in [-0.1, -0.05) is 6.07 Å². The van der Waals surface area contributed by atoms with Crippen molar-refractivity contribution in [2.75, 3.05) is 14.1 Å². The predicted molar refractivity (Wildman–Crippen MR) is 103 cm³/mol. The highest BCUT2D eigenvalue weighted by atomic mass is 16.5. The number of ether oxygens (including phenoxy) is 1. The third-order valence-corrected chi connectivity index (χ3v) is 5.73. The van der Waals surface area contributed by atoms with E-state index in [0.29, 0.717) is 0 Å². The van der Waals surface area contributed by atoms with Crippen LogP contribution in [-0.4, -0.2) is 61.1 Å². The summed E-state index contributed by atoms with van der Waals surface area (Å²) in [6.45, 7) is 0. The number of phenolic OH excluding ortho intramolecular Hbond substituents is 2. The first-order chi connectivity index (χ1) is 14.5. The van der Waals surface area contributed by atoms with E-state index in [1.54, 1.807) is 0 Å². The summed E-state index contributed by atoms with van der Waals surface area (Å²) >= 11 is 0. The average Bonchev–Trinajstić information content (AvgIpc) is 2.75. The van der Waals surface area contributed by atoms with Gasteiger partial charge in [0.1, 0.15) is 5.92 Å². The Bertz CT molecular complexity index is 1280. The highest BCUT2D eigenvalue weighted by Crippen LogP contribution is 2.52. The molecule has 2 aliphatic rings. The molecule has 12 heteroatoms. The van der Waals surface area contributed by atoms with Crippen LogP contribution in [0.2, 0.25) is 0 Å². The van der Waals surface area contributed by atoms with Crippen LogP contribution in [0.3, 0.4) is 0 Å². The van der Waals surface area contributed by atoms with E-state index in [-0.39, 0.29) is 22.8 Å². The van der Waals surface area contributed by atoms with Gasteiger partial charge in [-0.2, -0.15) is 0 Å². The molecule has 0 aliphatic carbocycles. The minimum atomic E-state index is -1.55. The highest BCUT2D eigenvalue weighted by Gasteiger charge is 2.51. The van der Waals surface area contributed by atoms with E-state index in [2.05, 4.69) is 0 Å². The maximum absolute atomic E-state index is 13.1. The molecule has 0 bridgehead atoms. The Balaban J connectivity index is 2.10. The van der Waals surface area contributed by atoms with Crippen molar-refractivity contribution in [3.8, 4) is 23.1 Å². The molecule has 0 radical (unpaired) electrons. The van der Waals surface area contributed by atoms with Crippen molar-refractivity contribution in [1.82, 2.24) is 18.9 Å². The van der Waals surface area contributed by atoms with Gasteiger partial charge in [0, 0.05) is 39.7 Å². The topological polar surface area (TPSA) is 151 Å². The molecule has 12 nitrogen and oxygen atoms in total. The van der Waals surface area contributed by atoms with Crippen molar-refractivity contribution in [3.63, 3.8) is 0 Å². The van der Waals surface area contributed by atoms with Gasteiger partial charge in [-0.05, 0) is 6.07 Å². The van der Waals surface area contributed by atoms with Crippen LogP contribution in [0, 0.1) is 5.92 Å². The van der Waals surface area contributed by atoms with E-state index in [9.17, 15) is 34.2 Å². The first-order valence-electron chi connectivity index (χ1n) is 9.10. The number of imide groups is 2. The standard InChI is InChI=1S/C19H18N4O8/c1-20-14(26)10(15(27)21(2)18(20)29)9-7-5-6-8(24)12(25)13(7)31-17-11(9)16(28)22(3)19(30)23(17)4/h5-6,9-10,24-25H,1-4H3. The number of benzene rings is 1. The molecule has 1 aromatic carbocycles. The Morgan fingerprint density at radius 1 is 0.839 bits per heavy atom. The fraction of sp³-hybridized carbons (Fsp3) is 0.316. The van der Waals surface area contributed by atoms with Crippen LogP contribution in [-0.2, 0) is 23.7 Å². The molecule has 2 aliphatic heterocycles. The van der Waals surface area contributed by atoms with Gasteiger partial charge in [-0.15, -0.1) is 0 Å². The van der Waals surface area contributed by atoms with Crippen molar-refractivity contribution in [2.24, 2.45) is 20.0 Å². The number of barbiturate groups is 1. The van der Waals surface area contributed by atoms with Crippen LogP contribution < -0.4 is 16.0 Å². The maximum Gasteiger partial charge on any atom is 0.333 e. The summed E-state index contributed by atoms with van der Waals surface area (Å²) in [5.74, 6) is -6.38. The third-order valence-electron chi connectivity index (χ3n) is 5.73. The second kappa shape index (κ2) is 6.45. The maximum atomic E-state index is 13.1. The van der Waals surface area contributed by atoms with Crippen LogP contribution >= 0.6 is 0 Å². The van der Waals surface area contributed by atoms with Crippen molar-refractivity contribution in [1.29, 1.82) is 0 Å². The summed E-state index contributed by atoms with van der Waals surface area (Å²) in [4.78, 5) is 65.3. The normalized spacial score (nSPS) is 18.7. The molecule has 3 heterocycles. The number of hydrogen-bond donors (Lipinski definition) is 2. The Kier molecular flexibility index (Phi) is 4.20. The monoisotopic (exact) mass is 430 g/mol. The van der Waals surface area contributed by atoms with Crippen LogP contribution in [0.25, 0.3) is 0 Å². The minimum Gasteiger partial charge on any atom is -0.504 e. The lowest BCUT2D eigenvalue weighted by Gasteiger charge is -2.38. The lowest BCUT2D eigenvalue weighted by atomic mass is 9.77. The number of rotatable bonds is 1. The summed E-state index contributed by atoms with van der Waals surface area (Å²) in [6, 6.07) is 1.60. The summed E-state index contributed by atoms with van der Waals surface area (Å²) in [7, 11) is 4.96. The molecule has 1 aromatic heterocycles. The number of amides is 4. The van der Waals surface area contributed by atoms with Crippen LogP contribution in [0.5, 0.6) is 23.1 Å². The molecular weight excluding hydrogens is 412 g/mol. The quantitative estimate of drug-likeness (QED) is 0.450. The zero-order valence-electron chi connectivity index (χ0n) is 16.9. The second-order valence-corrected chi connectivity index (χ2v) is 7.41. The summed E-state index contributed by atoms with van der Waals surface area (Å²) in [5.41, 5.74) is -1.63. The summed E-state index contributed by atoms with van der Waals surface area (Å²) in [5, 5.41) is 20.3. The molecule has 2 aromatic rings. The first-order valence-corrected chi connectivity index (χ1v) is 9.10. The van der Waals surface area contributed by atoms with Crippen LogP contribution in [0.4, 0.5) is 4.79 Å². The Labute approximate surface area is 174 Å². The molecule has 162 valence electrons. The molecule has 2 N–H and O–H groups in total. The Morgan fingerprint density at radius 2 is 1.42 bits per heavy atom. The molecule has 31 heavy (non-hydrogen) atoms. The number of carbonyl (C=O) groups excluding carboxylic acids is 3. The number of urea groups is 1. The fourth-order valence-corrected chi connectivity index (χ4v) is 3.99. The van der Waals surface area contributed by atoms with Crippen LogP contribution in [0.1, 0.15) is 17.0 Å². The smallest absolute Gasteiger partial charge is 0.333 e. The third kappa shape index (κ3) is 2.50.